The van der Waals surface area contributed by atoms with Crippen LogP contribution in [-0.2, 0) is 13.6 Å². The van der Waals surface area contributed by atoms with Gasteiger partial charge in [-0.05, 0) is 30.4 Å². The highest BCUT2D eigenvalue weighted by Gasteiger charge is 2.23. The molecule has 0 spiro atoms. The van der Waals surface area contributed by atoms with Crippen LogP contribution >= 0.6 is 0 Å². The number of rotatable bonds is 4. The molecule has 0 bridgehead atoms. The summed E-state index contributed by atoms with van der Waals surface area (Å²) in [4.78, 5) is 0. The van der Waals surface area contributed by atoms with E-state index >= 15 is 0 Å². The number of nitrogens with zero attached hydrogens (tertiary/aromatic N) is 1. The fourth-order valence-corrected chi connectivity index (χ4v) is 2.61. The molecule has 0 aromatic carbocycles. The average Bonchev–Trinajstić information content (AvgIpc) is 2.73. The Balaban J connectivity index is 1.84. The Morgan fingerprint density at radius 3 is 2.94 bits per heavy atom. The van der Waals surface area contributed by atoms with Gasteiger partial charge in [0, 0.05) is 38.6 Å². The van der Waals surface area contributed by atoms with Gasteiger partial charge in [-0.1, -0.05) is 12.8 Å². The van der Waals surface area contributed by atoms with E-state index in [9.17, 15) is 5.11 Å². The zero-order valence-electron chi connectivity index (χ0n) is 10.0. The smallest absolute Gasteiger partial charge is 0.0474 e. The van der Waals surface area contributed by atoms with Crippen molar-refractivity contribution in [2.75, 3.05) is 6.61 Å². The van der Waals surface area contributed by atoms with Crippen molar-refractivity contribution in [2.45, 2.75) is 38.3 Å². The fraction of sp³-hybridized carbons (Fsp3) is 0.692. The Labute approximate surface area is 97.5 Å². The normalized spacial score (nSPS) is 25.9. The van der Waals surface area contributed by atoms with E-state index in [1.165, 1.54) is 31.2 Å². The lowest BCUT2D eigenvalue weighted by molar-refractivity contribution is 0.152. The van der Waals surface area contributed by atoms with Gasteiger partial charge in [-0.2, -0.15) is 0 Å². The molecular formula is C13H22N2O. The molecule has 1 heterocycles. The zero-order valence-corrected chi connectivity index (χ0v) is 10.0. The Hall–Kier alpha value is -0.800. The molecule has 0 aliphatic heterocycles. The third-order valence-corrected chi connectivity index (χ3v) is 3.61. The van der Waals surface area contributed by atoms with Gasteiger partial charge in [0.2, 0.25) is 0 Å². The van der Waals surface area contributed by atoms with E-state index < -0.39 is 0 Å². The maximum Gasteiger partial charge on any atom is 0.0474 e. The average molecular weight is 222 g/mol. The van der Waals surface area contributed by atoms with Crippen LogP contribution in [0.3, 0.4) is 0 Å². The van der Waals surface area contributed by atoms with Crippen molar-refractivity contribution >= 4 is 0 Å². The molecule has 3 nitrogen and oxygen atoms in total. The Morgan fingerprint density at radius 1 is 1.44 bits per heavy atom. The van der Waals surface area contributed by atoms with Crippen molar-refractivity contribution in [1.82, 2.24) is 9.88 Å². The summed E-state index contributed by atoms with van der Waals surface area (Å²) in [6, 6.07) is 2.64. The highest BCUT2D eigenvalue weighted by Crippen LogP contribution is 2.24. The molecule has 16 heavy (non-hydrogen) atoms. The van der Waals surface area contributed by atoms with Crippen molar-refractivity contribution in [2.24, 2.45) is 13.0 Å². The second-order valence-electron chi connectivity index (χ2n) is 4.90. The first-order valence-corrected chi connectivity index (χ1v) is 6.24. The van der Waals surface area contributed by atoms with Crippen LogP contribution in [0.4, 0.5) is 0 Å². The third kappa shape index (κ3) is 2.86. The molecule has 1 aromatic rings. The van der Waals surface area contributed by atoms with Gasteiger partial charge < -0.3 is 15.0 Å². The lowest BCUT2D eigenvalue weighted by Gasteiger charge is -2.31. The first-order chi connectivity index (χ1) is 7.79. The van der Waals surface area contributed by atoms with Gasteiger partial charge in [-0.15, -0.1) is 0 Å². The summed E-state index contributed by atoms with van der Waals surface area (Å²) in [5.74, 6) is 0.456. The summed E-state index contributed by atoms with van der Waals surface area (Å²) in [5.41, 5.74) is 1.32. The highest BCUT2D eigenvalue weighted by molar-refractivity contribution is 5.09. The molecule has 0 radical (unpaired) electrons. The van der Waals surface area contributed by atoms with E-state index in [0.29, 0.717) is 18.6 Å². The molecule has 2 unspecified atom stereocenters. The predicted molar refractivity (Wildman–Crippen MR) is 65.1 cm³/mol. The van der Waals surface area contributed by atoms with Crippen LogP contribution in [0.1, 0.15) is 31.2 Å². The number of nitrogens with one attached hydrogen (secondary N) is 1. The van der Waals surface area contributed by atoms with E-state index in [1.54, 1.807) is 0 Å². The molecule has 1 fully saturated rings. The van der Waals surface area contributed by atoms with E-state index in [2.05, 4.69) is 28.3 Å². The Bertz CT molecular complexity index is 321. The van der Waals surface area contributed by atoms with Gasteiger partial charge in [-0.25, -0.2) is 0 Å². The number of aromatic nitrogens is 1. The molecule has 1 aliphatic carbocycles. The lowest BCUT2D eigenvalue weighted by atomic mass is 9.85. The molecule has 1 saturated carbocycles. The summed E-state index contributed by atoms with van der Waals surface area (Å²) >= 11 is 0. The number of aryl methyl sites for hydroxylation is 1. The summed E-state index contributed by atoms with van der Waals surface area (Å²) in [7, 11) is 2.04. The van der Waals surface area contributed by atoms with Gasteiger partial charge in [0.15, 0.2) is 0 Å². The van der Waals surface area contributed by atoms with E-state index in [1.807, 2.05) is 7.05 Å². The third-order valence-electron chi connectivity index (χ3n) is 3.61. The quantitative estimate of drug-likeness (QED) is 0.813. The molecule has 2 N–H and O–H groups in total. The molecule has 2 atom stereocenters. The molecule has 0 amide bonds. The standard InChI is InChI=1S/C13H22N2O/c1-15-7-6-11(9-15)8-14-13-5-3-2-4-12(13)10-16/h6-7,9,12-14,16H,2-5,8,10H2,1H3. The summed E-state index contributed by atoms with van der Waals surface area (Å²) in [5, 5.41) is 12.9. The number of hydrogen-bond acceptors (Lipinski definition) is 2. The van der Waals surface area contributed by atoms with Crippen molar-refractivity contribution in [1.29, 1.82) is 0 Å². The minimum Gasteiger partial charge on any atom is -0.396 e. The Kier molecular flexibility index (Phi) is 4.02. The van der Waals surface area contributed by atoms with Crippen molar-refractivity contribution in [3.63, 3.8) is 0 Å². The second kappa shape index (κ2) is 5.51. The zero-order chi connectivity index (χ0) is 11.4. The fourth-order valence-electron chi connectivity index (χ4n) is 2.61. The molecule has 0 saturated heterocycles. The van der Waals surface area contributed by atoms with Gasteiger partial charge >= 0.3 is 0 Å². The van der Waals surface area contributed by atoms with E-state index in [-0.39, 0.29) is 0 Å². The van der Waals surface area contributed by atoms with Crippen LogP contribution in [-0.4, -0.2) is 22.3 Å². The van der Waals surface area contributed by atoms with Crippen LogP contribution in [0.5, 0.6) is 0 Å². The SMILES string of the molecule is Cn1ccc(CNC2CCCCC2CO)c1. The number of hydrogen-bond donors (Lipinski definition) is 2. The van der Waals surface area contributed by atoms with Crippen molar-refractivity contribution in [3.05, 3.63) is 24.0 Å². The summed E-state index contributed by atoms with van der Waals surface area (Å²) in [6.07, 6.45) is 9.16. The molecule has 90 valence electrons. The van der Waals surface area contributed by atoms with Gasteiger partial charge in [0.05, 0.1) is 0 Å². The summed E-state index contributed by atoms with van der Waals surface area (Å²) < 4.78 is 2.07. The van der Waals surface area contributed by atoms with Crippen LogP contribution in [0.25, 0.3) is 0 Å². The van der Waals surface area contributed by atoms with E-state index in [4.69, 9.17) is 0 Å². The molecule has 1 aliphatic rings. The minimum atomic E-state index is 0.326. The summed E-state index contributed by atoms with van der Waals surface area (Å²) in [6.45, 7) is 1.24. The minimum absolute atomic E-state index is 0.326. The van der Waals surface area contributed by atoms with E-state index in [0.717, 1.165) is 6.54 Å². The second-order valence-corrected chi connectivity index (χ2v) is 4.90. The maximum atomic E-state index is 9.32. The molecule has 1 aromatic heterocycles. The van der Waals surface area contributed by atoms with Crippen LogP contribution < -0.4 is 5.32 Å². The van der Waals surface area contributed by atoms with Crippen molar-refractivity contribution in [3.8, 4) is 0 Å². The largest absolute Gasteiger partial charge is 0.396 e. The monoisotopic (exact) mass is 222 g/mol. The molecule has 2 rings (SSSR count). The van der Waals surface area contributed by atoms with Gasteiger partial charge in [0.25, 0.3) is 0 Å². The Morgan fingerprint density at radius 2 is 2.25 bits per heavy atom. The highest BCUT2D eigenvalue weighted by atomic mass is 16.3. The maximum absolute atomic E-state index is 9.32. The topological polar surface area (TPSA) is 37.2 Å². The van der Waals surface area contributed by atoms with Gasteiger partial charge in [-0.3, -0.25) is 0 Å². The predicted octanol–water partition coefficient (Wildman–Crippen LogP) is 1.67. The van der Waals surface area contributed by atoms with Crippen LogP contribution in [0, 0.1) is 5.92 Å². The first kappa shape index (κ1) is 11.7. The molecular weight excluding hydrogens is 200 g/mol. The van der Waals surface area contributed by atoms with Gasteiger partial charge in [0.1, 0.15) is 0 Å². The van der Waals surface area contributed by atoms with Crippen molar-refractivity contribution < 1.29 is 5.11 Å². The first-order valence-electron chi connectivity index (χ1n) is 6.24. The lowest BCUT2D eigenvalue weighted by Crippen LogP contribution is -2.39. The number of aliphatic hydroxyl groups excluding tert-OH is 1. The molecule has 3 heteroatoms. The van der Waals surface area contributed by atoms with Crippen LogP contribution in [0.2, 0.25) is 0 Å². The van der Waals surface area contributed by atoms with Crippen LogP contribution in [0.15, 0.2) is 18.5 Å². The number of aliphatic hydroxyl groups is 1.